The minimum atomic E-state index is 0.781. The van der Waals surface area contributed by atoms with Crippen LogP contribution in [0.3, 0.4) is 0 Å². The lowest BCUT2D eigenvalue weighted by atomic mass is 10.00. The Labute approximate surface area is 109 Å². The maximum Gasteiger partial charge on any atom is 0.113 e. The number of hydrogen-bond acceptors (Lipinski definition) is 1. The van der Waals surface area contributed by atoms with E-state index >= 15 is 0 Å². The molecule has 2 aromatic rings. The Bertz CT molecular complexity index is 537. The lowest BCUT2D eigenvalue weighted by Crippen LogP contribution is -2.19. The second kappa shape index (κ2) is 4.60. The molecule has 3 rings (SSSR count). The first kappa shape index (κ1) is 11.5. The molecule has 0 spiro atoms. The van der Waals surface area contributed by atoms with E-state index in [-0.39, 0.29) is 0 Å². The first-order chi connectivity index (χ1) is 8.72. The zero-order valence-electron chi connectivity index (χ0n) is 11.2. The van der Waals surface area contributed by atoms with Gasteiger partial charge in [-0.2, -0.15) is 0 Å². The second-order valence-corrected chi connectivity index (χ2v) is 5.58. The van der Waals surface area contributed by atoms with Crippen molar-refractivity contribution in [3.8, 4) is 0 Å². The van der Waals surface area contributed by atoms with E-state index in [4.69, 9.17) is 0 Å². The Morgan fingerprint density at radius 2 is 2.06 bits per heavy atom. The minimum Gasteiger partial charge on any atom is -0.332 e. The Kier molecular flexibility index (Phi) is 2.94. The monoisotopic (exact) mass is 240 g/mol. The zero-order valence-corrected chi connectivity index (χ0v) is 11.2. The summed E-state index contributed by atoms with van der Waals surface area (Å²) in [5.41, 5.74) is 4.08. The van der Waals surface area contributed by atoms with Crippen LogP contribution in [0.1, 0.15) is 36.0 Å². The molecule has 1 aromatic heterocycles. The normalized spacial score (nSPS) is 18.7. The van der Waals surface area contributed by atoms with Crippen LogP contribution in [0.15, 0.2) is 30.5 Å². The SMILES string of the molecule is Cc1ccc(Cc2ncc3n2CC(C)CC3)cc1. The van der Waals surface area contributed by atoms with Gasteiger partial charge in [0.05, 0.1) is 0 Å². The van der Waals surface area contributed by atoms with Gasteiger partial charge in [-0.05, 0) is 31.2 Å². The summed E-state index contributed by atoms with van der Waals surface area (Å²) in [6.45, 7) is 5.60. The molecule has 0 amide bonds. The van der Waals surface area contributed by atoms with Crippen molar-refractivity contribution in [2.45, 2.75) is 39.7 Å². The number of nitrogens with zero attached hydrogens (tertiary/aromatic N) is 2. The Morgan fingerprint density at radius 3 is 2.83 bits per heavy atom. The van der Waals surface area contributed by atoms with E-state index in [1.54, 1.807) is 0 Å². The number of aromatic nitrogens is 2. The maximum absolute atomic E-state index is 4.61. The van der Waals surface area contributed by atoms with Crippen LogP contribution in [0.2, 0.25) is 0 Å². The highest BCUT2D eigenvalue weighted by atomic mass is 15.1. The van der Waals surface area contributed by atoms with E-state index in [1.165, 1.54) is 35.5 Å². The van der Waals surface area contributed by atoms with Crippen molar-refractivity contribution in [1.82, 2.24) is 9.55 Å². The molecule has 0 saturated carbocycles. The van der Waals surface area contributed by atoms with E-state index in [0.29, 0.717) is 0 Å². The molecule has 1 aliphatic heterocycles. The molecule has 1 atom stereocenters. The minimum absolute atomic E-state index is 0.781. The molecule has 0 aliphatic carbocycles. The fourth-order valence-corrected chi connectivity index (χ4v) is 2.70. The summed E-state index contributed by atoms with van der Waals surface area (Å²) < 4.78 is 2.42. The van der Waals surface area contributed by atoms with E-state index in [1.807, 2.05) is 0 Å². The summed E-state index contributed by atoms with van der Waals surface area (Å²) in [5.74, 6) is 2.00. The van der Waals surface area contributed by atoms with E-state index in [2.05, 4.69) is 53.9 Å². The largest absolute Gasteiger partial charge is 0.332 e. The lowest BCUT2D eigenvalue weighted by molar-refractivity contribution is 0.392. The van der Waals surface area contributed by atoms with E-state index in [0.717, 1.165) is 18.9 Å². The molecule has 1 aromatic carbocycles. The zero-order chi connectivity index (χ0) is 12.5. The molecule has 2 heterocycles. The topological polar surface area (TPSA) is 17.8 Å². The number of fused-ring (bicyclic) bond motifs is 1. The quantitative estimate of drug-likeness (QED) is 0.787. The third-order valence-corrected chi connectivity index (χ3v) is 3.89. The summed E-state index contributed by atoms with van der Waals surface area (Å²) in [6.07, 6.45) is 5.50. The van der Waals surface area contributed by atoms with Gasteiger partial charge in [0, 0.05) is 24.9 Å². The molecular weight excluding hydrogens is 220 g/mol. The third kappa shape index (κ3) is 2.20. The molecule has 0 bridgehead atoms. The molecule has 0 radical (unpaired) electrons. The van der Waals surface area contributed by atoms with Gasteiger partial charge < -0.3 is 4.57 Å². The van der Waals surface area contributed by atoms with Gasteiger partial charge in [0.25, 0.3) is 0 Å². The summed E-state index contributed by atoms with van der Waals surface area (Å²) in [7, 11) is 0. The van der Waals surface area contributed by atoms with Gasteiger partial charge in [0.2, 0.25) is 0 Å². The maximum atomic E-state index is 4.61. The summed E-state index contributed by atoms with van der Waals surface area (Å²) in [4.78, 5) is 4.61. The molecule has 0 fully saturated rings. The van der Waals surface area contributed by atoms with Crippen molar-refractivity contribution in [2.24, 2.45) is 5.92 Å². The van der Waals surface area contributed by atoms with E-state index in [9.17, 15) is 0 Å². The summed E-state index contributed by atoms with van der Waals surface area (Å²) >= 11 is 0. The van der Waals surface area contributed by atoms with Gasteiger partial charge in [-0.3, -0.25) is 0 Å². The summed E-state index contributed by atoms with van der Waals surface area (Å²) in [5, 5.41) is 0. The Balaban J connectivity index is 1.85. The van der Waals surface area contributed by atoms with Crippen LogP contribution in [0.25, 0.3) is 0 Å². The Hall–Kier alpha value is -1.57. The van der Waals surface area contributed by atoms with Crippen molar-refractivity contribution < 1.29 is 0 Å². The number of imidazole rings is 1. The number of rotatable bonds is 2. The van der Waals surface area contributed by atoms with Gasteiger partial charge in [-0.1, -0.05) is 36.8 Å². The van der Waals surface area contributed by atoms with Crippen molar-refractivity contribution in [2.75, 3.05) is 0 Å². The second-order valence-electron chi connectivity index (χ2n) is 5.58. The number of aryl methyl sites for hydroxylation is 2. The highest BCUT2D eigenvalue weighted by Gasteiger charge is 2.18. The average molecular weight is 240 g/mol. The molecule has 0 N–H and O–H groups in total. The van der Waals surface area contributed by atoms with Crippen molar-refractivity contribution >= 4 is 0 Å². The fourth-order valence-electron chi connectivity index (χ4n) is 2.70. The first-order valence-electron chi connectivity index (χ1n) is 6.81. The number of hydrogen-bond donors (Lipinski definition) is 0. The molecule has 18 heavy (non-hydrogen) atoms. The third-order valence-electron chi connectivity index (χ3n) is 3.89. The van der Waals surface area contributed by atoms with Gasteiger partial charge in [-0.25, -0.2) is 4.98 Å². The van der Waals surface area contributed by atoms with Gasteiger partial charge in [0.15, 0.2) is 0 Å². The van der Waals surface area contributed by atoms with Crippen molar-refractivity contribution in [3.63, 3.8) is 0 Å². The van der Waals surface area contributed by atoms with Crippen LogP contribution >= 0.6 is 0 Å². The fraction of sp³-hybridized carbons (Fsp3) is 0.438. The molecule has 1 aliphatic rings. The highest BCUT2D eigenvalue weighted by Crippen LogP contribution is 2.22. The Morgan fingerprint density at radius 1 is 1.28 bits per heavy atom. The number of benzene rings is 1. The van der Waals surface area contributed by atoms with Crippen LogP contribution < -0.4 is 0 Å². The molecule has 2 heteroatoms. The van der Waals surface area contributed by atoms with Crippen molar-refractivity contribution in [3.05, 3.63) is 53.1 Å². The molecule has 2 nitrogen and oxygen atoms in total. The van der Waals surface area contributed by atoms with Gasteiger partial charge in [0.1, 0.15) is 5.82 Å². The predicted octanol–water partition coefficient (Wildman–Crippen LogP) is 3.36. The van der Waals surface area contributed by atoms with Crippen LogP contribution in [0.4, 0.5) is 0 Å². The van der Waals surface area contributed by atoms with E-state index < -0.39 is 0 Å². The molecular formula is C16H20N2. The molecule has 0 saturated heterocycles. The van der Waals surface area contributed by atoms with Crippen LogP contribution in [-0.2, 0) is 19.4 Å². The van der Waals surface area contributed by atoms with Crippen LogP contribution in [0.5, 0.6) is 0 Å². The highest BCUT2D eigenvalue weighted by molar-refractivity contribution is 5.25. The standard InChI is InChI=1S/C16H20N2/c1-12-3-6-14(7-4-12)9-16-17-10-15-8-5-13(2)11-18(15)16/h3-4,6-7,10,13H,5,8-9,11H2,1-2H3. The molecule has 1 unspecified atom stereocenters. The van der Waals surface area contributed by atoms with Crippen LogP contribution in [-0.4, -0.2) is 9.55 Å². The molecule has 94 valence electrons. The van der Waals surface area contributed by atoms with Gasteiger partial charge >= 0.3 is 0 Å². The average Bonchev–Trinajstić information content (AvgIpc) is 2.75. The lowest BCUT2D eigenvalue weighted by Gasteiger charge is -2.22. The van der Waals surface area contributed by atoms with Crippen LogP contribution in [0, 0.1) is 12.8 Å². The first-order valence-corrected chi connectivity index (χ1v) is 6.81. The smallest absolute Gasteiger partial charge is 0.113 e. The summed E-state index contributed by atoms with van der Waals surface area (Å²) in [6, 6.07) is 8.78. The van der Waals surface area contributed by atoms with Gasteiger partial charge in [-0.15, -0.1) is 0 Å². The predicted molar refractivity (Wildman–Crippen MR) is 73.7 cm³/mol. The van der Waals surface area contributed by atoms with Crippen molar-refractivity contribution in [1.29, 1.82) is 0 Å².